The minimum Gasteiger partial charge on any atom is -0.459 e. The fourth-order valence-electron chi connectivity index (χ4n) is 4.45. The highest BCUT2D eigenvalue weighted by Gasteiger charge is 2.41. The van der Waals surface area contributed by atoms with Crippen molar-refractivity contribution in [2.75, 3.05) is 39.8 Å². The predicted octanol–water partition coefficient (Wildman–Crippen LogP) is 4.37. The van der Waals surface area contributed by atoms with Gasteiger partial charge < -0.3 is 19.5 Å². The summed E-state index contributed by atoms with van der Waals surface area (Å²) in [6, 6.07) is 9.02. The van der Waals surface area contributed by atoms with E-state index in [2.05, 4.69) is 15.2 Å². The van der Waals surface area contributed by atoms with Crippen LogP contribution in [-0.4, -0.2) is 61.4 Å². The minimum absolute atomic E-state index is 0. The average Bonchev–Trinajstić information content (AvgIpc) is 3.30. The van der Waals surface area contributed by atoms with E-state index in [9.17, 15) is 18.0 Å². The first-order chi connectivity index (χ1) is 15.3. The highest BCUT2D eigenvalue weighted by Crippen LogP contribution is 2.44. The van der Waals surface area contributed by atoms with Crippen molar-refractivity contribution in [3.63, 3.8) is 0 Å². The summed E-state index contributed by atoms with van der Waals surface area (Å²) in [5.41, 5.74) is -0.215. The molecule has 180 valence electrons. The van der Waals surface area contributed by atoms with Crippen molar-refractivity contribution in [3.05, 3.63) is 59.5 Å². The largest absolute Gasteiger partial charge is 0.459 e. The van der Waals surface area contributed by atoms with Crippen LogP contribution in [0.3, 0.4) is 0 Å². The highest BCUT2D eigenvalue weighted by atomic mass is 127. The Hall–Kier alpha value is -2.24. The van der Waals surface area contributed by atoms with Gasteiger partial charge in [0.25, 0.3) is 5.91 Å². The molecule has 0 unspecified atom stereocenters. The zero-order valence-electron chi connectivity index (χ0n) is 18.4. The number of alkyl halides is 3. The number of halogens is 4. The number of piperazine rings is 1. The van der Waals surface area contributed by atoms with Gasteiger partial charge in [-0.15, -0.1) is 24.0 Å². The molecule has 2 aromatic rings. The van der Waals surface area contributed by atoms with Gasteiger partial charge in [0, 0.05) is 45.2 Å². The molecule has 1 aromatic heterocycles. The summed E-state index contributed by atoms with van der Waals surface area (Å²) in [6.45, 7) is 2.83. The van der Waals surface area contributed by atoms with Crippen LogP contribution in [0.15, 0.2) is 52.1 Å². The Bertz CT molecular complexity index is 966. The van der Waals surface area contributed by atoms with E-state index >= 15 is 0 Å². The monoisotopic (exact) mass is 576 g/mol. The number of carbonyl (C=O) groups is 1. The van der Waals surface area contributed by atoms with Gasteiger partial charge in [0.2, 0.25) is 0 Å². The molecule has 2 heterocycles. The van der Waals surface area contributed by atoms with Crippen molar-refractivity contribution in [1.29, 1.82) is 0 Å². The van der Waals surface area contributed by atoms with Crippen molar-refractivity contribution >= 4 is 35.8 Å². The van der Waals surface area contributed by atoms with E-state index < -0.39 is 11.7 Å². The highest BCUT2D eigenvalue weighted by molar-refractivity contribution is 14.0. The molecule has 1 amide bonds. The van der Waals surface area contributed by atoms with Gasteiger partial charge in [-0.1, -0.05) is 24.6 Å². The molecule has 0 bridgehead atoms. The molecule has 33 heavy (non-hydrogen) atoms. The zero-order chi connectivity index (χ0) is 22.8. The number of carbonyl (C=O) groups excluding carboxylic acids is 1. The second-order valence-corrected chi connectivity index (χ2v) is 8.37. The molecule has 1 N–H and O–H groups in total. The number of benzene rings is 1. The number of nitrogens with one attached hydrogen (secondary N) is 1. The first-order valence-electron chi connectivity index (χ1n) is 10.8. The van der Waals surface area contributed by atoms with Crippen molar-refractivity contribution in [3.8, 4) is 0 Å². The SMILES string of the molecule is CN=C(NCC1(c2cccc(C(F)(F)F)c2)CCC1)N1CCN(C(=O)c2ccco2)CC1.I. The second-order valence-electron chi connectivity index (χ2n) is 8.37. The fourth-order valence-corrected chi connectivity index (χ4v) is 4.45. The van der Waals surface area contributed by atoms with Gasteiger partial charge >= 0.3 is 6.18 Å². The third-order valence-corrected chi connectivity index (χ3v) is 6.51. The molecular formula is C23H28F3IN4O2. The van der Waals surface area contributed by atoms with Crippen molar-refractivity contribution in [1.82, 2.24) is 15.1 Å². The smallest absolute Gasteiger partial charge is 0.416 e. The van der Waals surface area contributed by atoms with E-state index in [-0.39, 0.29) is 35.3 Å². The number of hydrogen-bond donors (Lipinski definition) is 1. The Kier molecular flexibility index (Phi) is 7.96. The van der Waals surface area contributed by atoms with E-state index in [1.54, 1.807) is 30.1 Å². The van der Waals surface area contributed by atoms with Crippen LogP contribution in [0.1, 0.15) is 40.9 Å². The normalized spacial score (nSPS) is 18.4. The van der Waals surface area contributed by atoms with Crippen LogP contribution >= 0.6 is 24.0 Å². The lowest BCUT2D eigenvalue weighted by Crippen LogP contribution is -2.56. The van der Waals surface area contributed by atoms with Crippen LogP contribution in [-0.2, 0) is 11.6 Å². The van der Waals surface area contributed by atoms with Crippen molar-refractivity contribution < 1.29 is 22.4 Å². The third kappa shape index (κ3) is 5.47. The number of rotatable bonds is 4. The lowest BCUT2D eigenvalue weighted by molar-refractivity contribution is -0.137. The van der Waals surface area contributed by atoms with E-state index in [0.29, 0.717) is 44.4 Å². The first-order valence-corrected chi connectivity index (χ1v) is 10.8. The van der Waals surface area contributed by atoms with Crippen LogP contribution in [0, 0.1) is 0 Å². The van der Waals surface area contributed by atoms with Crippen molar-refractivity contribution in [2.45, 2.75) is 30.9 Å². The molecule has 0 radical (unpaired) electrons. The predicted molar refractivity (Wildman–Crippen MR) is 130 cm³/mol. The zero-order valence-corrected chi connectivity index (χ0v) is 20.7. The Morgan fingerprint density at radius 2 is 1.82 bits per heavy atom. The van der Waals surface area contributed by atoms with Crippen LogP contribution < -0.4 is 5.32 Å². The summed E-state index contributed by atoms with van der Waals surface area (Å²) in [5, 5.41) is 3.38. The van der Waals surface area contributed by atoms with Crippen LogP contribution in [0.4, 0.5) is 13.2 Å². The molecule has 0 atom stereocenters. The maximum atomic E-state index is 13.2. The van der Waals surface area contributed by atoms with Crippen molar-refractivity contribution in [2.24, 2.45) is 4.99 Å². The Morgan fingerprint density at radius 3 is 2.36 bits per heavy atom. The fraction of sp³-hybridized carbons (Fsp3) is 0.478. The number of hydrogen-bond acceptors (Lipinski definition) is 3. The molecule has 2 aliphatic rings. The molecule has 1 saturated heterocycles. The van der Waals surface area contributed by atoms with Crippen LogP contribution in [0.5, 0.6) is 0 Å². The van der Waals surface area contributed by atoms with Crippen LogP contribution in [0.25, 0.3) is 0 Å². The summed E-state index contributed by atoms with van der Waals surface area (Å²) in [6.07, 6.45) is -0.204. The van der Waals surface area contributed by atoms with Gasteiger partial charge in [-0.2, -0.15) is 13.2 Å². The maximum absolute atomic E-state index is 13.2. The Labute approximate surface area is 208 Å². The molecule has 1 aliphatic heterocycles. The lowest BCUT2D eigenvalue weighted by atomic mass is 9.64. The van der Waals surface area contributed by atoms with Gasteiger partial charge in [0.15, 0.2) is 11.7 Å². The molecule has 2 fully saturated rings. The van der Waals surface area contributed by atoms with E-state index in [0.717, 1.165) is 30.9 Å². The van der Waals surface area contributed by atoms with Gasteiger partial charge in [-0.3, -0.25) is 9.79 Å². The Morgan fingerprint density at radius 1 is 1.12 bits per heavy atom. The maximum Gasteiger partial charge on any atom is 0.416 e. The number of furan rings is 1. The number of amides is 1. The van der Waals surface area contributed by atoms with Gasteiger partial charge in [-0.25, -0.2) is 0 Å². The van der Waals surface area contributed by atoms with E-state index in [1.165, 1.54) is 18.4 Å². The molecular weight excluding hydrogens is 548 g/mol. The lowest BCUT2D eigenvalue weighted by Gasteiger charge is -2.44. The van der Waals surface area contributed by atoms with Crippen LogP contribution in [0.2, 0.25) is 0 Å². The van der Waals surface area contributed by atoms with Gasteiger partial charge in [0.1, 0.15) is 0 Å². The first kappa shape index (κ1) is 25.4. The molecule has 0 spiro atoms. The summed E-state index contributed by atoms with van der Waals surface area (Å²) in [4.78, 5) is 20.6. The molecule has 4 rings (SSSR count). The average molecular weight is 576 g/mol. The quantitative estimate of drug-likeness (QED) is 0.334. The standard InChI is InChI=1S/C23H27F3N4O2.HI/c1-27-21(30-12-10-29(11-13-30)20(31)19-7-3-14-32-19)28-16-22(8-4-9-22)17-5-2-6-18(15-17)23(24,25)26;/h2-3,5-7,14-15H,4,8-13,16H2,1H3,(H,27,28);1H. The molecule has 10 heteroatoms. The van der Waals surface area contributed by atoms with Gasteiger partial charge in [0.05, 0.1) is 11.8 Å². The topological polar surface area (TPSA) is 61.1 Å². The van der Waals surface area contributed by atoms with Gasteiger partial charge in [-0.05, 0) is 36.6 Å². The molecule has 1 aromatic carbocycles. The molecule has 6 nitrogen and oxygen atoms in total. The number of nitrogens with zero attached hydrogens (tertiary/aromatic N) is 3. The summed E-state index contributed by atoms with van der Waals surface area (Å²) in [7, 11) is 1.69. The number of guanidine groups is 1. The second kappa shape index (κ2) is 10.4. The summed E-state index contributed by atoms with van der Waals surface area (Å²) in [5.74, 6) is 0.901. The third-order valence-electron chi connectivity index (χ3n) is 6.51. The summed E-state index contributed by atoms with van der Waals surface area (Å²) >= 11 is 0. The summed E-state index contributed by atoms with van der Waals surface area (Å²) < 4.78 is 44.8. The molecule has 1 saturated carbocycles. The minimum atomic E-state index is -4.35. The van der Waals surface area contributed by atoms with E-state index in [4.69, 9.17) is 4.42 Å². The Balaban J connectivity index is 0.00000306. The van der Waals surface area contributed by atoms with E-state index in [1.807, 2.05) is 0 Å². The molecule has 1 aliphatic carbocycles. The number of aliphatic imine (C=N–C) groups is 1.